The molecule has 0 radical (unpaired) electrons. The number of carbonyl (C=O) groups excluding carboxylic acids is 1. The summed E-state index contributed by atoms with van der Waals surface area (Å²) >= 11 is 0. The Bertz CT molecular complexity index is 633. The molecule has 0 spiro atoms. The van der Waals surface area contributed by atoms with Gasteiger partial charge in [0.15, 0.2) is 18.2 Å². The van der Waals surface area contributed by atoms with Crippen LogP contribution in [0.3, 0.4) is 0 Å². The molecule has 0 unspecified atom stereocenters. The van der Waals surface area contributed by atoms with Crippen molar-refractivity contribution in [1.29, 1.82) is 0 Å². The SMILES string of the molecule is CC(=O)c1cc[n+](-c2c([O-])c(=O)c2=O)cc1. The maximum Gasteiger partial charge on any atom is 0.296 e. The van der Waals surface area contributed by atoms with Crippen LogP contribution in [0.4, 0.5) is 0 Å². The molecule has 0 aliphatic heterocycles. The summed E-state index contributed by atoms with van der Waals surface area (Å²) in [6.07, 6.45) is 2.82. The molecule has 5 heteroatoms. The highest BCUT2D eigenvalue weighted by Gasteiger charge is 2.22. The van der Waals surface area contributed by atoms with E-state index < -0.39 is 16.6 Å². The molecule has 0 aliphatic rings. The van der Waals surface area contributed by atoms with Gasteiger partial charge in [0.1, 0.15) is 0 Å². The number of carbonyl (C=O) groups is 1. The second-order valence-corrected chi connectivity index (χ2v) is 3.39. The Kier molecular flexibility index (Phi) is 2.16. The summed E-state index contributed by atoms with van der Waals surface area (Å²) in [6.45, 7) is 1.41. The van der Waals surface area contributed by atoms with Crippen LogP contribution in [0.25, 0.3) is 5.69 Å². The Balaban J connectivity index is 2.48. The van der Waals surface area contributed by atoms with E-state index in [-0.39, 0.29) is 11.5 Å². The van der Waals surface area contributed by atoms with Gasteiger partial charge in [0.25, 0.3) is 11.1 Å². The molecule has 0 saturated carbocycles. The van der Waals surface area contributed by atoms with Crippen LogP contribution in [-0.2, 0) is 0 Å². The molecule has 1 aromatic carbocycles. The minimum absolute atomic E-state index is 0.112. The van der Waals surface area contributed by atoms with Crippen LogP contribution in [0.15, 0.2) is 34.1 Å². The molecular weight excluding hydrogens is 210 g/mol. The second-order valence-electron chi connectivity index (χ2n) is 3.39. The molecule has 0 saturated heterocycles. The lowest BCUT2D eigenvalue weighted by Gasteiger charge is -2.07. The van der Waals surface area contributed by atoms with E-state index in [1.54, 1.807) is 0 Å². The van der Waals surface area contributed by atoms with Crippen molar-refractivity contribution in [2.75, 3.05) is 0 Å². The molecule has 16 heavy (non-hydrogen) atoms. The number of Topliss-reactive ketones (excluding diaryl/α,β-unsaturated/α-hetero) is 1. The van der Waals surface area contributed by atoms with Crippen molar-refractivity contribution in [3.05, 3.63) is 50.5 Å². The summed E-state index contributed by atoms with van der Waals surface area (Å²) in [5, 5.41) is 11.1. The van der Waals surface area contributed by atoms with Gasteiger partial charge in [-0.3, -0.25) is 14.4 Å². The quantitative estimate of drug-likeness (QED) is 0.361. The Morgan fingerprint density at radius 1 is 1.19 bits per heavy atom. The molecule has 1 heterocycles. The van der Waals surface area contributed by atoms with Gasteiger partial charge in [0.2, 0.25) is 5.43 Å². The lowest BCUT2D eigenvalue weighted by atomic mass is 10.2. The minimum atomic E-state index is -0.988. The molecule has 2 aromatic rings. The summed E-state index contributed by atoms with van der Waals surface area (Å²) in [5.74, 6) is -0.898. The minimum Gasteiger partial charge on any atom is -0.865 e. The number of aromatic nitrogens is 1. The van der Waals surface area contributed by atoms with Gasteiger partial charge in [0.05, 0.1) is 0 Å². The van der Waals surface area contributed by atoms with E-state index in [1.165, 1.54) is 36.0 Å². The number of rotatable bonds is 2. The van der Waals surface area contributed by atoms with Crippen molar-refractivity contribution in [2.24, 2.45) is 0 Å². The van der Waals surface area contributed by atoms with Crippen molar-refractivity contribution < 1.29 is 14.5 Å². The molecule has 2 rings (SSSR count). The summed E-state index contributed by atoms with van der Waals surface area (Å²) in [7, 11) is 0. The summed E-state index contributed by atoms with van der Waals surface area (Å²) in [4.78, 5) is 32.8. The van der Waals surface area contributed by atoms with Crippen LogP contribution < -0.4 is 20.5 Å². The highest BCUT2D eigenvalue weighted by Crippen LogP contribution is 2.04. The fourth-order valence-corrected chi connectivity index (χ4v) is 1.40. The van der Waals surface area contributed by atoms with E-state index >= 15 is 0 Å². The summed E-state index contributed by atoms with van der Waals surface area (Å²) in [6, 6.07) is 2.97. The molecule has 0 N–H and O–H groups in total. The smallest absolute Gasteiger partial charge is 0.296 e. The third kappa shape index (κ3) is 1.33. The maximum atomic E-state index is 11.1. The standard InChI is InChI=1S/C11H7NO4/c1-6(13)7-2-4-12(5-3-7)8-9(14)11(16)10(8)15/h2-5H,1H3. The van der Waals surface area contributed by atoms with Crippen LogP contribution in [0.2, 0.25) is 0 Å². The third-order valence-electron chi connectivity index (χ3n) is 2.34. The van der Waals surface area contributed by atoms with Crippen molar-refractivity contribution in [2.45, 2.75) is 6.92 Å². The molecule has 80 valence electrons. The second kappa shape index (κ2) is 3.37. The predicted molar refractivity (Wildman–Crippen MR) is 52.3 cm³/mol. The van der Waals surface area contributed by atoms with Crippen LogP contribution in [0.5, 0.6) is 5.75 Å². The van der Waals surface area contributed by atoms with Gasteiger partial charge < -0.3 is 5.11 Å². The molecule has 1 aromatic heterocycles. The number of nitrogens with zero attached hydrogens (tertiary/aromatic N) is 1. The Labute approximate surface area is 89.9 Å². The normalized spacial score (nSPS) is 10.6. The topological polar surface area (TPSA) is 78.2 Å². The molecule has 0 bridgehead atoms. The zero-order chi connectivity index (χ0) is 11.9. The van der Waals surface area contributed by atoms with Gasteiger partial charge in [-0.2, -0.15) is 4.57 Å². The van der Waals surface area contributed by atoms with Crippen LogP contribution in [0, 0.1) is 0 Å². The predicted octanol–water partition coefficient (Wildman–Crippen LogP) is -1.16. The third-order valence-corrected chi connectivity index (χ3v) is 2.34. The summed E-state index contributed by atoms with van der Waals surface area (Å²) < 4.78 is 1.25. The largest absolute Gasteiger partial charge is 0.865 e. The van der Waals surface area contributed by atoms with E-state index in [9.17, 15) is 19.5 Å². The molecule has 0 amide bonds. The molecule has 0 aliphatic carbocycles. The van der Waals surface area contributed by atoms with Crippen LogP contribution in [-0.4, -0.2) is 5.78 Å². The van der Waals surface area contributed by atoms with Crippen molar-refractivity contribution >= 4 is 5.78 Å². The highest BCUT2D eigenvalue weighted by molar-refractivity contribution is 5.93. The number of ketones is 1. The molecular formula is C11H7NO4. The van der Waals surface area contributed by atoms with E-state index in [1.807, 2.05) is 0 Å². The van der Waals surface area contributed by atoms with E-state index in [2.05, 4.69) is 0 Å². The van der Waals surface area contributed by atoms with E-state index in [0.29, 0.717) is 5.56 Å². The van der Waals surface area contributed by atoms with E-state index in [4.69, 9.17) is 0 Å². The van der Waals surface area contributed by atoms with Crippen molar-refractivity contribution in [3.8, 4) is 11.4 Å². The van der Waals surface area contributed by atoms with Crippen molar-refractivity contribution in [3.63, 3.8) is 0 Å². The van der Waals surface area contributed by atoms with Gasteiger partial charge in [-0.15, -0.1) is 0 Å². The van der Waals surface area contributed by atoms with Crippen molar-refractivity contribution in [1.82, 2.24) is 0 Å². The lowest BCUT2D eigenvalue weighted by molar-refractivity contribution is -0.602. The van der Waals surface area contributed by atoms with Gasteiger partial charge >= 0.3 is 0 Å². The fourth-order valence-electron chi connectivity index (χ4n) is 1.40. The Morgan fingerprint density at radius 3 is 2.19 bits per heavy atom. The molecule has 0 fully saturated rings. The van der Waals surface area contributed by atoms with Gasteiger partial charge in [-0.1, -0.05) is 0 Å². The average Bonchev–Trinajstić information content (AvgIpc) is 2.29. The van der Waals surface area contributed by atoms with Crippen LogP contribution in [0.1, 0.15) is 17.3 Å². The first kappa shape index (κ1) is 10.2. The number of hydrogen-bond donors (Lipinski definition) is 0. The van der Waals surface area contributed by atoms with Gasteiger partial charge in [0, 0.05) is 23.4 Å². The lowest BCUT2D eigenvalue weighted by Crippen LogP contribution is -2.49. The summed E-state index contributed by atoms with van der Waals surface area (Å²) in [5.41, 5.74) is -1.47. The Morgan fingerprint density at radius 2 is 1.75 bits per heavy atom. The van der Waals surface area contributed by atoms with Gasteiger partial charge in [-0.25, -0.2) is 0 Å². The molecule has 0 atom stereocenters. The first-order valence-corrected chi connectivity index (χ1v) is 4.55. The molecule has 5 nitrogen and oxygen atoms in total. The fraction of sp³-hybridized carbons (Fsp3) is 0.0909. The van der Waals surface area contributed by atoms with Gasteiger partial charge in [-0.05, 0) is 6.92 Å². The number of pyridine rings is 1. The van der Waals surface area contributed by atoms with Crippen LogP contribution >= 0.6 is 0 Å². The monoisotopic (exact) mass is 217 g/mol. The zero-order valence-electron chi connectivity index (χ0n) is 8.39. The van der Waals surface area contributed by atoms with E-state index in [0.717, 1.165) is 0 Å². The Hall–Kier alpha value is -2.30. The highest BCUT2D eigenvalue weighted by atomic mass is 16.3. The number of hydrogen-bond acceptors (Lipinski definition) is 4. The zero-order valence-corrected chi connectivity index (χ0v) is 8.39. The maximum absolute atomic E-state index is 11.1. The first-order valence-electron chi connectivity index (χ1n) is 4.55. The average molecular weight is 217 g/mol. The first-order chi connectivity index (χ1) is 7.52.